The SMILES string of the molecule is CC(C(=O)Nc1cccc(NC(=O)Nc2ccccc2)c1)C1CNC1.Cl. The summed E-state index contributed by atoms with van der Waals surface area (Å²) in [6, 6.07) is 16.0. The first-order valence-electron chi connectivity index (χ1n) is 8.36. The number of rotatable bonds is 5. The Kier molecular flexibility index (Phi) is 7.00. The van der Waals surface area contributed by atoms with Crippen LogP contribution in [0.4, 0.5) is 21.9 Å². The summed E-state index contributed by atoms with van der Waals surface area (Å²) in [4.78, 5) is 24.3. The van der Waals surface area contributed by atoms with Gasteiger partial charge in [-0.25, -0.2) is 4.79 Å². The number of benzene rings is 2. The zero-order chi connectivity index (χ0) is 17.6. The van der Waals surface area contributed by atoms with Crippen molar-refractivity contribution < 1.29 is 9.59 Å². The van der Waals surface area contributed by atoms with Crippen LogP contribution in [-0.4, -0.2) is 25.0 Å². The zero-order valence-corrected chi connectivity index (χ0v) is 15.3. The Bertz CT molecular complexity index is 750. The van der Waals surface area contributed by atoms with Crippen LogP contribution in [0.15, 0.2) is 54.6 Å². The highest BCUT2D eigenvalue weighted by Gasteiger charge is 2.28. The van der Waals surface area contributed by atoms with Crippen molar-refractivity contribution in [1.29, 1.82) is 0 Å². The van der Waals surface area contributed by atoms with Gasteiger partial charge in [0.1, 0.15) is 0 Å². The van der Waals surface area contributed by atoms with E-state index < -0.39 is 0 Å². The monoisotopic (exact) mass is 374 g/mol. The molecule has 0 aromatic heterocycles. The second kappa shape index (κ2) is 9.22. The topological polar surface area (TPSA) is 82.3 Å². The van der Waals surface area contributed by atoms with Gasteiger partial charge in [-0.15, -0.1) is 12.4 Å². The van der Waals surface area contributed by atoms with E-state index in [0.717, 1.165) is 13.1 Å². The first kappa shape index (κ1) is 19.8. The van der Waals surface area contributed by atoms with Crippen LogP contribution in [0.3, 0.4) is 0 Å². The first-order chi connectivity index (χ1) is 12.1. The third kappa shape index (κ3) is 5.21. The van der Waals surface area contributed by atoms with Gasteiger partial charge in [-0.05, 0) is 49.3 Å². The Morgan fingerprint density at radius 3 is 2.12 bits per heavy atom. The van der Waals surface area contributed by atoms with Gasteiger partial charge in [0.05, 0.1) is 0 Å². The Balaban J connectivity index is 0.00000243. The van der Waals surface area contributed by atoms with E-state index in [-0.39, 0.29) is 30.3 Å². The average Bonchev–Trinajstić information content (AvgIpc) is 2.54. The van der Waals surface area contributed by atoms with E-state index in [1.165, 1.54) is 0 Å². The quantitative estimate of drug-likeness (QED) is 0.646. The number of hydrogen-bond acceptors (Lipinski definition) is 3. The number of carbonyl (C=O) groups excluding carboxylic acids is 2. The molecule has 0 saturated carbocycles. The average molecular weight is 375 g/mol. The van der Waals surface area contributed by atoms with Gasteiger partial charge in [0, 0.05) is 23.0 Å². The minimum Gasteiger partial charge on any atom is -0.326 e. The van der Waals surface area contributed by atoms with Crippen molar-refractivity contribution in [1.82, 2.24) is 5.32 Å². The Morgan fingerprint density at radius 1 is 0.923 bits per heavy atom. The van der Waals surface area contributed by atoms with Crippen molar-refractivity contribution in [2.75, 3.05) is 29.0 Å². The van der Waals surface area contributed by atoms with E-state index in [9.17, 15) is 9.59 Å². The van der Waals surface area contributed by atoms with Crippen molar-refractivity contribution in [2.45, 2.75) is 6.92 Å². The number of amides is 3. The predicted molar refractivity (Wildman–Crippen MR) is 107 cm³/mol. The maximum absolute atomic E-state index is 12.3. The Labute approximate surface area is 159 Å². The highest BCUT2D eigenvalue weighted by molar-refractivity contribution is 6.00. The Morgan fingerprint density at radius 2 is 1.50 bits per heavy atom. The molecule has 0 radical (unpaired) electrons. The van der Waals surface area contributed by atoms with Crippen molar-refractivity contribution in [3.63, 3.8) is 0 Å². The van der Waals surface area contributed by atoms with Crippen LogP contribution in [0.5, 0.6) is 0 Å². The Hall–Kier alpha value is -2.57. The van der Waals surface area contributed by atoms with Gasteiger partial charge in [-0.3, -0.25) is 4.79 Å². The second-order valence-electron chi connectivity index (χ2n) is 6.22. The van der Waals surface area contributed by atoms with E-state index in [4.69, 9.17) is 0 Å². The highest BCUT2D eigenvalue weighted by Crippen LogP contribution is 2.20. The van der Waals surface area contributed by atoms with Crippen LogP contribution < -0.4 is 21.3 Å². The van der Waals surface area contributed by atoms with Crippen LogP contribution in [0.2, 0.25) is 0 Å². The summed E-state index contributed by atoms with van der Waals surface area (Å²) in [5, 5.41) is 11.6. The number of urea groups is 1. The molecule has 3 amide bonds. The van der Waals surface area contributed by atoms with Crippen LogP contribution in [0, 0.1) is 11.8 Å². The fourth-order valence-electron chi connectivity index (χ4n) is 2.62. The molecule has 1 aliphatic rings. The number of carbonyl (C=O) groups is 2. The highest BCUT2D eigenvalue weighted by atomic mass is 35.5. The summed E-state index contributed by atoms with van der Waals surface area (Å²) in [7, 11) is 0. The van der Waals surface area contributed by atoms with Crippen LogP contribution >= 0.6 is 12.4 Å². The number of anilines is 3. The summed E-state index contributed by atoms with van der Waals surface area (Å²) < 4.78 is 0. The van der Waals surface area contributed by atoms with Crippen molar-refractivity contribution in [3.8, 4) is 0 Å². The summed E-state index contributed by atoms with van der Waals surface area (Å²) >= 11 is 0. The second-order valence-corrected chi connectivity index (χ2v) is 6.22. The summed E-state index contributed by atoms with van der Waals surface area (Å²) in [6.45, 7) is 3.71. The molecule has 6 nitrogen and oxygen atoms in total. The van der Waals surface area contributed by atoms with Crippen LogP contribution in [0.1, 0.15) is 6.92 Å². The minimum absolute atomic E-state index is 0. The lowest BCUT2D eigenvalue weighted by molar-refractivity contribution is -0.121. The smallest absolute Gasteiger partial charge is 0.323 e. The van der Waals surface area contributed by atoms with E-state index in [0.29, 0.717) is 23.0 Å². The third-order valence-electron chi connectivity index (χ3n) is 4.35. The number of halogens is 1. The van der Waals surface area contributed by atoms with Gasteiger partial charge in [0.2, 0.25) is 5.91 Å². The fraction of sp³-hybridized carbons (Fsp3) is 0.263. The maximum atomic E-state index is 12.3. The molecule has 26 heavy (non-hydrogen) atoms. The van der Waals surface area contributed by atoms with Crippen LogP contribution in [-0.2, 0) is 4.79 Å². The largest absolute Gasteiger partial charge is 0.326 e. The molecule has 0 aliphatic carbocycles. The molecule has 0 bridgehead atoms. The van der Waals surface area contributed by atoms with E-state index >= 15 is 0 Å². The fourth-order valence-corrected chi connectivity index (χ4v) is 2.62. The summed E-state index contributed by atoms with van der Waals surface area (Å²) in [6.07, 6.45) is 0. The molecule has 138 valence electrons. The molecule has 2 aromatic carbocycles. The molecule has 1 fully saturated rings. The molecule has 1 unspecified atom stereocenters. The minimum atomic E-state index is -0.330. The normalized spacial score (nSPS) is 14.3. The predicted octanol–water partition coefficient (Wildman–Crippen LogP) is 3.55. The third-order valence-corrected chi connectivity index (χ3v) is 4.35. The number of nitrogens with one attached hydrogen (secondary N) is 4. The number of hydrogen-bond donors (Lipinski definition) is 4. The number of para-hydroxylation sites is 1. The van der Waals surface area contributed by atoms with Gasteiger partial charge in [0.15, 0.2) is 0 Å². The lowest BCUT2D eigenvalue weighted by Crippen LogP contribution is -2.48. The van der Waals surface area contributed by atoms with E-state index in [2.05, 4.69) is 21.3 Å². The van der Waals surface area contributed by atoms with Gasteiger partial charge < -0.3 is 21.3 Å². The van der Waals surface area contributed by atoms with Gasteiger partial charge in [-0.2, -0.15) is 0 Å². The lowest BCUT2D eigenvalue weighted by Gasteiger charge is -2.31. The first-order valence-corrected chi connectivity index (χ1v) is 8.36. The standard InChI is InChI=1S/C19H22N4O2.ClH/c1-13(14-11-20-12-14)18(24)21-16-8-5-9-17(10-16)23-19(25)22-15-6-3-2-4-7-15;/h2-10,13-14,20H,11-12H2,1H3,(H,21,24)(H2,22,23,25);1H. The molecular formula is C19H23ClN4O2. The molecule has 4 N–H and O–H groups in total. The van der Waals surface area contributed by atoms with E-state index in [1.54, 1.807) is 18.2 Å². The molecular weight excluding hydrogens is 352 g/mol. The molecule has 1 saturated heterocycles. The zero-order valence-electron chi connectivity index (χ0n) is 14.5. The van der Waals surface area contributed by atoms with Crippen molar-refractivity contribution in [3.05, 3.63) is 54.6 Å². The van der Waals surface area contributed by atoms with Crippen LogP contribution in [0.25, 0.3) is 0 Å². The molecule has 3 rings (SSSR count). The van der Waals surface area contributed by atoms with E-state index in [1.807, 2.05) is 43.3 Å². The van der Waals surface area contributed by atoms with Crippen molar-refractivity contribution >= 4 is 41.4 Å². The molecule has 2 aromatic rings. The molecule has 1 heterocycles. The molecule has 7 heteroatoms. The molecule has 1 atom stereocenters. The van der Waals surface area contributed by atoms with Gasteiger partial charge in [0.25, 0.3) is 0 Å². The van der Waals surface area contributed by atoms with Gasteiger partial charge >= 0.3 is 6.03 Å². The summed E-state index contributed by atoms with van der Waals surface area (Å²) in [5.41, 5.74) is 2.00. The maximum Gasteiger partial charge on any atom is 0.323 e. The molecule has 1 aliphatic heterocycles. The summed E-state index contributed by atoms with van der Waals surface area (Å²) in [5.74, 6) is 0.342. The molecule has 0 spiro atoms. The van der Waals surface area contributed by atoms with Gasteiger partial charge in [-0.1, -0.05) is 31.2 Å². The van der Waals surface area contributed by atoms with Crippen molar-refractivity contribution in [2.24, 2.45) is 11.8 Å². The lowest BCUT2D eigenvalue weighted by atomic mass is 9.88.